The summed E-state index contributed by atoms with van der Waals surface area (Å²) < 4.78 is 0. The number of hydrogen-bond acceptors (Lipinski definition) is 2. The molecule has 0 bridgehead atoms. The van der Waals surface area contributed by atoms with Gasteiger partial charge in [0.2, 0.25) is 5.91 Å². The van der Waals surface area contributed by atoms with Crippen molar-refractivity contribution in [3.05, 3.63) is 71.8 Å². The summed E-state index contributed by atoms with van der Waals surface area (Å²) in [6.45, 7) is 9.87. The highest BCUT2D eigenvalue weighted by atomic mass is 16.7. The number of benzene rings is 2. The molecule has 0 aliphatic rings. The molecule has 0 aliphatic heterocycles. The lowest BCUT2D eigenvalue weighted by Gasteiger charge is -2.35. The molecule has 0 aliphatic carbocycles. The Morgan fingerprint density at radius 2 is 1.48 bits per heavy atom. The van der Waals surface area contributed by atoms with Crippen LogP contribution in [0.15, 0.2) is 60.7 Å². The van der Waals surface area contributed by atoms with Gasteiger partial charge in [-0.05, 0) is 45.2 Å². The third-order valence-electron chi connectivity index (χ3n) is 4.03. The van der Waals surface area contributed by atoms with Crippen molar-refractivity contribution in [2.45, 2.75) is 52.7 Å². The minimum Gasteiger partial charge on any atom is -0.272 e. The third kappa shape index (κ3) is 5.71. The van der Waals surface area contributed by atoms with Crippen molar-refractivity contribution in [2.75, 3.05) is 0 Å². The van der Waals surface area contributed by atoms with Gasteiger partial charge in [0.25, 0.3) is 0 Å². The first kappa shape index (κ1) is 19.2. The van der Waals surface area contributed by atoms with Gasteiger partial charge in [0.05, 0.1) is 11.6 Å². The van der Waals surface area contributed by atoms with Crippen LogP contribution in [-0.4, -0.2) is 16.6 Å². The summed E-state index contributed by atoms with van der Waals surface area (Å²) in [6, 6.07) is 20.0. The second kappa shape index (κ2) is 8.30. The minimum atomic E-state index is -0.439. The smallest absolute Gasteiger partial charge is 0.249 e. The van der Waals surface area contributed by atoms with Gasteiger partial charge >= 0.3 is 0 Å². The summed E-state index contributed by atoms with van der Waals surface area (Å²) in [4.78, 5) is 19.2. The van der Waals surface area contributed by atoms with Gasteiger partial charge in [0.1, 0.15) is 0 Å². The molecule has 2 aromatic carbocycles. The van der Waals surface area contributed by atoms with Crippen LogP contribution in [0.4, 0.5) is 0 Å². The van der Waals surface area contributed by atoms with Crippen LogP contribution in [-0.2, 0) is 16.1 Å². The Labute approximate surface area is 151 Å². The van der Waals surface area contributed by atoms with Gasteiger partial charge in [-0.1, -0.05) is 67.6 Å². The molecule has 0 heterocycles. The predicted molar refractivity (Wildman–Crippen MR) is 102 cm³/mol. The molecule has 3 nitrogen and oxygen atoms in total. The van der Waals surface area contributed by atoms with Crippen molar-refractivity contribution in [3.8, 4) is 0 Å². The Morgan fingerprint density at radius 1 is 0.960 bits per heavy atom. The SMILES string of the molecule is C[C@H](Cc1ccccc1)C(=O)N(OC(C)(C)C)[C@H](C)c1ccccc1. The highest BCUT2D eigenvalue weighted by molar-refractivity contribution is 5.78. The second-order valence-corrected chi connectivity index (χ2v) is 7.55. The van der Waals surface area contributed by atoms with Crippen LogP contribution in [0.25, 0.3) is 0 Å². The van der Waals surface area contributed by atoms with Crippen molar-refractivity contribution in [3.63, 3.8) is 0 Å². The van der Waals surface area contributed by atoms with Crippen molar-refractivity contribution in [1.82, 2.24) is 5.06 Å². The summed E-state index contributed by atoms with van der Waals surface area (Å²) in [5.41, 5.74) is 1.78. The molecule has 2 aromatic rings. The Balaban J connectivity index is 2.20. The van der Waals surface area contributed by atoms with Gasteiger partial charge in [-0.15, -0.1) is 0 Å². The van der Waals surface area contributed by atoms with Gasteiger partial charge in [-0.2, -0.15) is 0 Å². The molecule has 0 unspecified atom stereocenters. The molecule has 1 amide bonds. The lowest BCUT2D eigenvalue weighted by Crippen LogP contribution is -2.43. The van der Waals surface area contributed by atoms with E-state index in [0.717, 1.165) is 11.1 Å². The highest BCUT2D eigenvalue weighted by Crippen LogP contribution is 2.26. The Hall–Kier alpha value is -2.13. The maximum atomic E-state index is 13.1. The van der Waals surface area contributed by atoms with Crippen molar-refractivity contribution in [1.29, 1.82) is 0 Å². The summed E-state index contributed by atoms with van der Waals surface area (Å²) >= 11 is 0. The van der Waals surface area contributed by atoms with Gasteiger partial charge in [-0.25, -0.2) is 5.06 Å². The van der Waals surface area contributed by atoms with E-state index in [-0.39, 0.29) is 17.9 Å². The number of carbonyl (C=O) groups excluding carboxylic acids is 1. The van der Waals surface area contributed by atoms with E-state index in [2.05, 4.69) is 12.1 Å². The van der Waals surface area contributed by atoms with Crippen molar-refractivity contribution >= 4 is 5.91 Å². The Bertz CT molecular complexity index is 661. The number of carbonyl (C=O) groups is 1. The zero-order valence-electron chi connectivity index (χ0n) is 15.9. The Kier molecular flexibility index (Phi) is 6.38. The molecule has 3 heteroatoms. The summed E-state index contributed by atoms with van der Waals surface area (Å²) in [7, 11) is 0. The van der Waals surface area contributed by atoms with Crippen LogP contribution in [0, 0.1) is 5.92 Å². The van der Waals surface area contributed by atoms with E-state index in [1.54, 1.807) is 5.06 Å². The largest absolute Gasteiger partial charge is 0.272 e. The average Bonchev–Trinajstić information content (AvgIpc) is 2.59. The number of amides is 1. The molecule has 0 N–H and O–H groups in total. The zero-order chi connectivity index (χ0) is 18.4. The van der Waals surface area contributed by atoms with Crippen LogP contribution in [0.1, 0.15) is 51.8 Å². The third-order valence-corrected chi connectivity index (χ3v) is 4.03. The van der Waals surface area contributed by atoms with E-state index in [0.29, 0.717) is 6.42 Å². The van der Waals surface area contributed by atoms with Crippen molar-refractivity contribution in [2.24, 2.45) is 5.92 Å². The molecule has 0 aromatic heterocycles. The molecule has 2 rings (SSSR count). The molecular formula is C22H29NO2. The topological polar surface area (TPSA) is 29.5 Å². The highest BCUT2D eigenvalue weighted by Gasteiger charge is 2.30. The van der Waals surface area contributed by atoms with E-state index < -0.39 is 5.60 Å². The van der Waals surface area contributed by atoms with E-state index >= 15 is 0 Å². The summed E-state index contributed by atoms with van der Waals surface area (Å²) in [6.07, 6.45) is 0.700. The summed E-state index contributed by atoms with van der Waals surface area (Å²) in [5.74, 6) is -0.147. The zero-order valence-corrected chi connectivity index (χ0v) is 15.9. The summed E-state index contributed by atoms with van der Waals surface area (Å²) in [5, 5.41) is 1.56. The minimum absolute atomic E-state index is 0.00938. The van der Waals surface area contributed by atoms with Gasteiger partial charge in [0.15, 0.2) is 0 Å². The van der Waals surface area contributed by atoms with E-state index in [4.69, 9.17) is 4.84 Å². The fourth-order valence-corrected chi connectivity index (χ4v) is 2.75. The van der Waals surface area contributed by atoms with E-state index in [1.165, 1.54) is 0 Å². The van der Waals surface area contributed by atoms with Gasteiger partial charge in [-0.3, -0.25) is 9.63 Å². The van der Waals surface area contributed by atoms with Crippen molar-refractivity contribution < 1.29 is 9.63 Å². The monoisotopic (exact) mass is 339 g/mol. The van der Waals surface area contributed by atoms with Crippen LogP contribution in [0.3, 0.4) is 0 Å². The quantitative estimate of drug-likeness (QED) is 0.678. The molecule has 0 radical (unpaired) electrons. The fourth-order valence-electron chi connectivity index (χ4n) is 2.75. The molecule has 0 saturated heterocycles. The number of rotatable bonds is 6. The molecule has 0 fully saturated rings. The maximum Gasteiger partial charge on any atom is 0.249 e. The first-order valence-electron chi connectivity index (χ1n) is 8.89. The molecular weight excluding hydrogens is 310 g/mol. The molecule has 0 spiro atoms. The second-order valence-electron chi connectivity index (χ2n) is 7.55. The van der Waals surface area contributed by atoms with E-state index in [9.17, 15) is 4.79 Å². The van der Waals surface area contributed by atoms with Gasteiger partial charge in [0, 0.05) is 5.92 Å². The van der Waals surface area contributed by atoms with Crippen LogP contribution >= 0.6 is 0 Å². The lowest BCUT2D eigenvalue weighted by atomic mass is 9.99. The van der Waals surface area contributed by atoms with Gasteiger partial charge < -0.3 is 0 Å². The molecule has 25 heavy (non-hydrogen) atoms. The average molecular weight is 339 g/mol. The first-order valence-corrected chi connectivity index (χ1v) is 8.89. The maximum absolute atomic E-state index is 13.1. The number of hydroxylamine groups is 2. The van der Waals surface area contributed by atoms with Crippen LogP contribution in [0.5, 0.6) is 0 Å². The Morgan fingerprint density at radius 3 is 2.00 bits per heavy atom. The fraction of sp³-hybridized carbons (Fsp3) is 0.409. The molecule has 134 valence electrons. The number of hydrogen-bond donors (Lipinski definition) is 0. The van der Waals surface area contributed by atoms with Crippen LogP contribution < -0.4 is 0 Å². The standard InChI is InChI=1S/C22H29NO2/c1-17(16-19-12-8-6-9-13-19)21(24)23(25-22(3,4)5)18(2)20-14-10-7-11-15-20/h6-15,17-18H,16H2,1-5H3/t17-,18-/m1/s1. The van der Waals surface area contributed by atoms with Crippen LogP contribution in [0.2, 0.25) is 0 Å². The lowest BCUT2D eigenvalue weighted by molar-refractivity contribution is -0.245. The number of nitrogens with zero attached hydrogens (tertiary/aromatic N) is 1. The first-order chi connectivity index (χ1) is 11.8. The molecule has 0 saturated carbocycles. The predicted octanol–water partition coefficient (Wildman–Crippen LogP) is 5.19. The van der Waals surface area contributed by atoms with E-state index in [1.807, 2.05) is 83.1 Å². The normalized spacial score (nSPS) is 14.0. The molecule has 2 atom stereocenters.